The number of methoxy groups -OCH3 is 1. The highest BCUT2D eigenvalue weighted by molar-refractivity contribution is 8.00. The van der Waals surface area contributed by atoms with Crippen LogP contribution in [0.4, 0.5) is 5.69 Å². The van der Waals surface area contributed by atoms with Gasteiger partial charge in [-0.25, -0.2) is 4.98 Å². The Morgan fingerprint density at radius 1 is 1.45 bits per heavy atom. The van der Waals surface area contributed by atoms with Crippen molar-refractivity contribution in [2.24, 2.45) is 0 Å². The predicted molar refractivity (Wildman–Crippen MR) is 76.0 cm³/mol. The second kappa shape index (κ2) is 5.54. The highest BCUT2D eigenvalue weighted by atomic mass is 32.2. The van der Waals surface area contributed by atoms with Crippen LogP contribution in [0.25, 0.3) is 0 Å². The summed E-state index contributed by atoms with van der Waals surface area (Å²) in [4.78, 5) is 18.3. The molecule has 1 atom stereocenters. The van der Waals surface area contributed by atoms with Gasteiger partial charge in [0, 0.05) is 6.54 Å². The second-order valence-corrected chi connectivity index (χ2v) is 5.54. The van der Waals surface area contributed by atoms with Crippen LogP contribution in [0.1, 0.15) is 6.42 Å². The van der Waals surface area contributed by atoms with Crippen LogP contribution in [0, 0.1) is 0 Å². The van der Waals surface area contributed by atoms with Crippen molar-refractivity contribution in [3.05, 3.63) is 30.6 Å². The lowest BCUT2D eigenvalue weighted by Gasteiger charge is -2.19. The Balaban J connectivity index is 1.78. The molecule has 1 aliphatic heterocycles. The van der Waals surface area contributed by atoms with Crippen LogP contribution in [0.15, 0.2) is 35.7 Å². The van der Waals surface area contributed by atoms with Crippen molar-refractivity contribution in [3.8, 4) is 5.75 Å². The number of thioether (sulfide) groups is 1. The second-order valence-electron chi connectivity index (χ2n) is 4.35. The van der Waals surface area contributed by atoms with E-state index >= 15 is 0 Å². The van der Waals surface area contributed by atoms with Gasteiger partial charge in [0.15, 0.2) is 5.16 Å². The zero-order valence-electron chi connectivity index (χ0n) is 10.9. The monoisotopic (exact) mass is 290 g/mol. The highest BCUT2D eigenvalue weighted by Crippen LogP contribution is 2.35. The minimum absolute atomic E-state index is 0.0795. The number of aromatic nitrogens is 3. The summed E-state index contributed by atoms with van der Waals surface area (Å²) in [7, 11) is 1.61. The largest absolute Gasteiger partial charge is 0.495 e. The molecule has 0 radical (unpaired) electrons. The highest BCUT2D eigenvalue weighted by Gasteiger charge is 2.35. The number of benzene rings is 1. The Morgan fingerprint density at radius 3 is 3.05 bits per heavy atom. The van der Waals surface area contributed by atoms with Crippen molar-refractivity contribution in [3.63, 3.8) is 0 Å². The number of carbonyl (C=O) groups is 1. The van der Waals surface area contributed by atoms with E-state index in [0.717, 1.165) is 12.1 Å². The van der Waals surface area contributed by atoms with E-state index in [4.69, 9.17) is 4.74 Å². The van der Waals surface area contributed by atoms with E-state index in [0.29, 0.717) is 17.5 Å². The quantitative estimate of drug-likeness (QED) is 0.928. The third kappa shape index (κ3) is 2.36. The maximum Gasteiger partial charge on any atom is 0.240 e. The fraction of sp³-hybridized carbons (Fsp3) is 0.308. The average molecular weight is 290 g/mol. The van der Waals surface area contributed by atoms with Gasteiger partial charge in [-0.2, -0.15) is 5.10 Å². The lowest BCUT2D eigenvalue weighted by atomic mass is 10.2. The minimum Gasteiger partial charge on any atom is -0.495 e. The van der Waals surface area contributed by atoms with Gasteiger partial charge in [-0.1, -0.05) is 23.9 Å². The van der Waals surface area contributed by atoms with Gasteiger partial charge in [-0.3, -0.25) is 9.89 Å². The molecule has 1 N–H and O–H groups in total. The van der Waals surface area contributed by atoms with Gasteiger partial charge in [0.1, 0.15) is 12.1 Å². The lowest BCUT2D eigenvalue weighted by molar-refractivity contribution is -0.116. The van der Waals surface area contributed by atoms with E-state index in [-0.39, 0.29) is 11.2 Å². The van der Waals surface area contributed by atoms with Crippen molar-refractivity contribution in [2.75, 3.05) is 18.6 Å². The number of rotatable bonds is 4. The number of para-hydroxylation sites is 2. The predicted octanol–water partition coefficient (Wildman–Crippen LogP) is 1.71. The molecule has 1 fully saturated rings. The molecule has 0 bridgehead atoms. The molecular formula is C13H14N4O2S. The molecule has 1 aliphatic rings. The van der Waals surface area contributed by atoms with Crippen LogP contribution in [-0.4, -0.2) is 40.0 Å². The SMILES string of the molecule is COc1ccccc1N1CCC(Sc2ncn[nH]2)C1=O. The van der Waals surface area contributed by atoms with Crippen molar-refractivity contribution in [1.82, 2.24) is 15.2 Å². The molecule has 1 aromatic carbocycles. The number of amides is 1. The van der Waals surface area contributed by atoms with E-state index in [1.165, 1.54) is 18.1 Å². The molecule has 1 saturated heterocycles. The number of ether oxygens (including phenoxy) is 1. The van der Waals surface area contributed by atoms with E-state index in [9.17, 15) is 4.79 Å². The van der Waals surface area contributed by atoms with Gasteiger partial charge in [-0.15, -0.1) is 0 Å². The van der Waals surface area contributed by atoms with E-state index in [1.807, 2.05) is 24.3 Å². The van der Waals surface area contributed by atoms with Crippen molar-refractivity contribution < 1.29 is 9.53 Å². The van der Waals surface area contributed by atoms with Crippen LogP contribution in [-0.2, 0) is 4.79 Å². The van der Waals surface area contributed by atoms with E-state index in [1.54, 1.807) is 12.0 Å². The number of hydrogen-bond donors (Lipinski definition) is 1. The van der Waals surface area contributed by atoms with E-state index in [2.05, 4.69) is 15.2 Å². The molecule has 0 aliphatic carbocycles. The third-order valence-electron chi connectivity index (χ3n) is 3.18. The zero-order valence-corrected chi connectivity index (χ0v) is 11.8. The van der Waals surface area contributed by atoms with Gasteiger partial charge >= 0.3 is 0 Å². The van der Waals surface area contributed by atoms with E-state index < -0.39 is 0 Å². The molecule has 1 unspecified atom stereocenters. The van der Waals surface area contributed by atoms with Crippen LogP contribution in [0.2, 0.25) is 0 Å². The number of nitrogens with zero attached hydrogens (tertiary/aromatic N) is 3. The zero-order chi connectivity index (χ0) is 13.9. The Morgan fingerprint density at radius 2 is 2.30 bits per heavy atom. The van der Waals surface area contributed by atoms with Gasteiger partial charge in [0.2, 0.25) is 5.91 Å². The number of nitrogens with one attached hydrogen (secondary N) is 1. The fourth-order valence-corrected chi connectivity index (χ4v) is 3.18. The van der Waals surface area contributed by atoms with Crippen molar-refractivity contribution in [2.45, 2.75) is 16.8 Å². The molecule has 0 spiro atoms. The van der Waals surface area contributed by atoms with Crippen molar-refractivity contribution >= 4 is 23.4 Å². The first-order valence-corrected chi connectivity index (χ1v) is 7.14. The number of aromatic amines is 1. The summed E-state index contributed by atoms with van der Waals surface area (Å²) in [6.07, 6.45) is 2.22. The van der Waals surface area contributed by atoms with Gasteiger partial charge in [-0.05, 0) is 18.6 Å². The van der Waals surface area contributed by atoms with Crippen molar-refractivity contribution in [1.29, 1.82) is 0 Å². The van der Waals surface area contributed by atoms with Crippen LogP contribution < -0.4 is 9.64 Å². The molecule has 1 aromatic heterocycles. The smallest absolute Gasteiger partial charge is 0.240 e. The molecule has 7 heteroatoms. The molecular weight excluding hydrogens is 276 g/mol. The molecule has 1 amide bonds. The number of H-pyrrole nitrogens is 1. The van der Waals surface area contributed by atoms with Crippen LogP contribution in [0.5, 0.6) is 5.75 Å². The Labute approximate surface area is 120 Å². The van der Waals surface area contributed by atoms with Crippen LogP contribution in [0.3, 0.4) is 0 Å². The van der Waals surface area contributed by atoms with Crippen LogP contribution >= 0.6 is 11.8 Å². The topological polar surface area (TPSA) is 71.1 Å². The Hall–Kier alpha value is -2.02. The Kier molecular flexibility index (Phi) is 3.60. The Bertz CT molecular complexity index is 602. The summed E-state index contributed by atoms with van der Waals surface area (Å²) in [5.41, 5.74) is 0.820. The molecule has 2 heterocycles. The number of carbonyl (C=O) groups excluding carboxylic acids is 1. The first-order valence-electron chi connectivity index (χ1n) is 6.26. The molecule has 0 saturated carbocycles. The minimum atomic E-state index is -0.132. The molecule has 2 aromatic rings. The molecule has 6 nitrogen and oxygen atoms in total. The number of anilines is 1. The summed E-state index contributed by atoms with van der Waals surface area (Å²) in [6, 6.07) is 7.56. The molecule has 20 heavy (non-hydrogen) atoms. The first-order chi connectivity index (χ1) is 9.79. The summed E-state index contributed by atoms with van der Waals surface area (Å²) in [5.74, 6) is 0.794. The van der Waals surface area contributed by atoms with Gasteiger partial charge < -0.3 is 9.64 Å². The first kappa shape index (κ1) is 13.0. The summed E-state index contributed by atoms with van der Waals surface area (Å²) in [5, 5.41) is 7.10. The summed E-state index contributed by atoms with van der Waals surface area (Å²) < 4.78 is 5.32. The van der Waals surface area contributed by atoms with Gasteiger partial charge in [0.05, 0.1) is 18.0 Å². The maximum atomic E-state index is 12.5. The summed E-state index contributed by atoms with van der Waals surface area (Å²) >= 11 is 1.42. The lowest BCUT2D eigenvalue weighted by Crippen LogP contribution is -2.28. The molecule has 104 valence electrons. The average Bonchev–Trinajstić information content (AvgIpc) is 3.11. The molecule has 3 rings (SSSR count). The van der Waals surface area contributed by atoms with Gasteiger partial charge in [0.25, 0.3) is 0 Å². The normalized spacial score (nSPS) is 18.6. The number of hydrogen-bond acceptors (Lipinski definition) is 5. The standard InChI is InChI=1S/C13H14N4O2S/c1-19-10-5-3-2-4-9(10)17-7-6-11(12(17)18)20-13-14-8-15-16-13/h2-5,8,11H,6-7H2,1H3,(H,14,15,16). The maximum absolute atomic E-state index is 12.5. The fourth-order valence-electron chi connectivity index (χ4n) is 2.24. The third-order valence-corrected chi connectivity index (χ3v) is 4.32. The summed E-state index contributed by atoms with van der Waals surface area (Å²) in [6.45, 7) is 0.686.